The zero-order valence-electron chi connectivity index (χ0n) is 12.5. The first-order chi connectivity index (χ1) is 11.3. The Morgan fingerprint density at radius 1 is 1.09 bits per heavy atom. The summed E-state index contributed by atoms with van der Waals surface area (Å²) in [4.78, 5) is 16.7. The van der Waals surface area contributed by atoms with E-state index in [1.165, 1.54) is 17.5 Å². The van der Waals surface area contributed by atoms with Crippen molar-refractivity contribution >= 4 is 5.91 Å². The molecule has 1 aliphatic rings. The molecular formula is C19H16N2O2. The second-order valence-corrected chi connectivity index (χ2v) is 5.66. The van der Waals surface area contributed by atoms with Crippen LogP contribution >= 0.6 is 0 Å². The highest BCUT2D eigenvalue weighted by atomic mass is 16.3. The minimum Gasteiger partial charge on any atom is -0.443 e. The Morgan fingerprint density at radius 3 is 2.74 bits per heavy atom. The molecule has 0 saturated heterocycles. The van der Waals surface area contributed by atoms with Gasteiger partial charge in [-0.15, -0.1) is 0 Å². The molecule has 4 heteroatoms. The molecule has 4 rings (SSSR count). The molecule has 114 valence electrons. The van der Waals surface area contributed by atoms with Gasteiger partial charge in [0.05, 0.1) is 6.04 Å². The Balaban J connectivity index is 1.59. The van der Waals surface area contributed by atoms with Crippen molar-refractivity contribution in [1.29, 1.82) is 0 Å². The number of aryl methyl sites for hydroxylation is 1. The first-order valence-corrected chi connectivity index (χ1v) is 7.70. The molecule has 1 heterocycles. The summed E-state index contributed by atoms with van der Waals surface area (Å²) >= 11 is 0. The van der Waals surface area contributed by atoms with E-state index in [1.54, 1.807) is 0 Å². The minimum atomic E-state index is -0.195. The predicted molar refractivity (Wildman–Crippen MR) is 86.9 cm³/mol. The number of nitrogens with zero attached hydrogens (tertiary/aromatic N) is 1. The fraction of sp³-hybridized carbons (Fsp3) is 0.158. The van der Waals surface area contributed by atoms with Crippen molar-refractivity contribution in [2.45, 2.75) is 18.9 Å². The largest absolute Gasteiger partial charge is 0.443 e. The molecule has 0 fully saturated rings. The third-order valence-electron chi connectivity index (χ3n) is 4.26. The SMILES string of the molecule is O=C(NC1CCc2ccccc21)c1ncoc1-c1ccccc1. The van der Waals surface area contributed by atoms with E-state index in [9.17, 15) is 4.79 Å². The van der Waals surface area contributed by atoms with Crippen molar-refractivity contribution in [1.82, 2.24) is 10.3 Å². The number of nitrogens with one attached hydrogen (secondary N) is 1. The van der Waals surface area contributed by atoms with Gasteiger partial charge in [-0.05, 0) is 24.0 Å². The average molecular weight is 304 g/mol. The molecule has 4 nitrogen and oxygen atoms in total. The molecule has 0 aliphatic heterocycles. The lowest BCUT2D eigenvalue weighted by Gasteiger charge is -2.13. The van der Waals surface area contributed by atoms with Crippen LogP contribution in [0.1, 0.15) is 34.1 Å². The summed E-state index contributed by atoms with van der Waals surface area (Å²) in [7, 11) is 0. The third-order valence-corrected chi connectivity index (χ3v) is 4.26. The average Bonchev–Trinajstić information content (AvgIpc) is 3.23. The Labute approximate surface area is 134 Å². The number of aromatic nitrogens is 1. The molecule has 1 N–H and O–H groups in total. The summed E-state index contributed by atoms with van der Waals surface area (Å²) in [6.45, 7) is 0. The van der Waals surface area contributed by atoms with Crippen LogP contribution in [0.25, 0.3) is 11.3 Å². The first kappa shape index (κ1) is 13.8. The van der Waals surface area contributed by atoms with Gasteiger partial charge in [-0.3, -0.25) is 4.79 Å². The second-order valence-electron chi connectivity index (χ2n) is 5.66. The first-order valence-electron chi connectivity index (χ1n) is 7.70. The molecule has 1 aliphatic carbocycles. The van der Waals surface area contributed by atoms with E-state index in [0.29, 0.717) is 11.5 Å². The maximum atomic E-state index is 12.6. The van der Waals surface area contributed by atoms with Crippen molar-refractivity contribution in [3.8, 4) is 11.3 Å². The zero-order valence-corrected chi connectivity index (χ0v) is 12.5. The number of hydrogen-bond acceptors (Lipinski definition) is 3. The van der Waals surface area contributed by atoms with E-state index in [4.69, 9.17) is 4.42 Å². The highest BCUT2D eigenvalue weighted by Crippen LogP contribution is 2.31. The molecule has 1 amide bonds. The standard InChI is InChI=1S/C19H16N2O2/c22-19(21-16-11-10-13-6-4-5-9-15(13)16)17-18(23-12-20-17)14-7-2-1-3-8-14/h1-9,12,16H,10-11H2,(H,21,22). The van der Waals surface area contributed by atoms with Gasteiger partial charge in [-0.25, -0.2) is 4.98 Å². The molecule has 0 saturated carbocycles. The van der Waals surface area contributed by atoms with E-state index in [1.807, 2.05) is 42.5 Å². The fourth-order valence-corrected chi connectivity index (χ4v) is 3.14. The molecule has 1 atom stereocenters. The van der Waals surface area contributed by atoms with Crippen LogP contribution in [-0.4, -0.2) is 10.9 Å². The smallest absolute Gasteiger partial charge is 0.274 e. The van der Waals surface area contributed by atoms with Crippen LogP contribution in [0.15, 0.2) is 65.4 Å². The van der Waals surface area contributed by atoms with E-state index >= 15 is 0 Å². The lowest BCUT2D eigenvalue weighted by Crippen LogP contribution is -2.27. The molecule has 2 aromatic carbocycles. The van der Waals surface area contributed by atoms with Crippen molar-refractivity contribution < 1.29 is 9.21 Å². The topological polar surface area (TPSA) is 55.1 Å². The Kier molecular flexibility index (Phi) is 3.42. The van der Waals surface area contributed by atoms with Gasteiger partial charge in [0.2, 0.25) is 0 Å². The van der Waals surface area contributed by atoms with E-state index in [2.05, 4.69) is 22.4 Å². The molecule has 1 aromatic heterocycles. The monoisotopic (exact) mass is 304 g/mol. The second kappa shape index (κ2) is 5.72. The lowest BCUT2D eigenvalue weighted by atomic mass is 10.1. The van der Waals surface area contributed by atoms with Crippen LogP contribution in [0, 0.1) is 0 Å². The Bertz CT molecular complexity index is 839. The highest BCUT2D eigenvalue weighted by Gasteiger charge is 2.26. The summed E-state index contributed by atoms with van der Waals surface area (Å²) in [6.07, 6.45) is 3.23. The molecule has 0 spiro atoms. The summed E-state index contributed by atoms with van der Waals surface area (Å²) < 4.78 is 5.43. The lowest BCUT2D eigenvalue weighted by molar-refractivity contribution is 0.0932. The Morgan fingerprint density at radius 2 is 1.87 bits per heavy atom. The van der Waals surface area contributed by atoms with Crippen molar-refractivity contribution in [3.05, 3.63) is 77.8 Å². The van der Waals surface area contributed by atoms with Gasteiger partial charge in [0.25, 0.3) is 5.91 Å². The number of rotatable bonds is 3. The van der Waals surface area contributed by atoms with Gasteiger partial charge in [-0.2, -0.15) is 0 Å². The number of fused-ring (bicyclic) bond motifs is 1. The highest BCUT2D eigenvalue weighted by molar-refractivity contribution is 5.97. The molecule has 3 aromatic rings. The van der Waals surface area contributed by atoms with Crippen molar-refractivity contribution in [2.24, 2.45) is 0 Å². The molecule has 1 unspecified atom stereocenters. The van der Waals surface area contributed by atoms with Crippen LogP contribution in [0.4, 0.5) is 0 Å². The van der Waals surface area contributed by atoms with Crippen LogP contribution in [0.3, 0.4) is 0 Å². The molecule has 0 bridgehead atoms. The molecule has 23 heavy (non-hydrogen) atoms. The molecule has 0 radical (unpaired) electrons. The summed E-state index contributed by atoms with van der Waals surface area (Å²) in [5, 5.41) is 3.09. The summed E-state index contributed by atoms with van der Waals surface area (Å²) in [5.41, 5.74) is 3.69. The predicted octanol–water partition coefficient (Wildman–Crippen LogP) is 3.76. The number of hydrogen-bond donors (Lipinski definition) is 1. The van der Waals surface area contributed by atoms with Gasteiger partial charge in [0.15, 0.2) is 17.8 Å². The third kappa shape index (κ3) is 2.52. The van der Waals surface area contributed by atoms with Gasteiger partial charge in [-0.1, -0.05) is 54.6 Å². The quantitative estimate of drug-likeness (QED) is 0.801. The van der Waals surface area contributed by atoms with Gasteiger partial charge >= 0.3 is 0 Å². The van der Waals surface area contributed by atoms with Crippen molar-refractivity contribution in [3.63, 3.8) is 0 Å². The van der Waals surface area contributed by atoms with Crippen LogP contribution in [-0.2, 0) is 6.42 Å². The van der Waals surface area contributed by atoms with Crippen molar-refractivity contribution in [2.75, 3.05) is 0 Å². The number of amides is 1. The zero-order chi connectivity index (χ0) is 15.6. The fourth-order valence-electron chi connectivity index (χ4n) is 3.14. The Hall–Kier alpha value is -2.88. The van der Waals surface area contributed by atoms with E-state index < -0.39 is 0 Å². The summed E-state index contributed by atoms with van der Waals surface area (Å²) in [6, 6.07) is 17.8. The van der Waals surface area contributed by atoms with Gasteiger partial charge < -0.3 is 9.73 Å². The molecular weight excluding hydrogens is 288 g/mol. The van der Waals surface area contributed by atoms with Crippen LogP contribution < -0.4 is 5.32 Å². The maximum Gasteiger partial charge on any atom is 0.274 e. The number of oxazole rings is 1. The van der Waals surface area contributed by atoms with Gasteiger partial charge in [0, 0.05) is 5.56 Å². The van der Waals surface area contributed by atoms with E-state index in [0.717, 1.165) is 18.4 Å². The van der Waals surface area contributed by atoms with E-state index in [-0.39, 0.29) is 11.9 Å². The number of benzene rings is 2. The van der Waals surface area contributed by atoms with Gasteiger partial charge in [0.1, 0.15) is 0 Å². The minimum absolute atomic E-state index is 0.0408. The van der Waals surface area contributed by atoms with Crippen LogP contribution in [0.2, 0.25) is 0 Å². The normalized spacial score (nSPS) is 16.1. The summed E-state index contributed by atoms with van der Waals surface area (Å²) in [5.74, 6) is 0.314. The number of carbonyl (C=O) groups is 1. The maximum absolute atomic E-state index is 12.6. The van der Waals surface area contributed by atoms with Crippen LogP contribution in [0.5, 0.6) is 0 Å². The number of carbonyl (C=O) groups excluding carboxylic acids is 1.